The normalized spacial score (nSPS) is 14.0. The Morgan fingerprint density at radius 1 is 0.936 bits per heavy atom. The highest BCUT2D eigenvalue weighted by atomic mass is 32.2. The SMILES string of the molecule is O=C(CSc1nc(Nc2cccc3ccccc23)c2ccccc2n1)N1CCC(Oc2no[n+]([O-])c2S(=O)(=O)c2ccccc2)CC1. The van der Waals surface area contributed by atoms with Gasteiger partial charge in [0.2, 0.25) is 5.91 Å². The fraction of sp³-hybridized carbons (Fsp3) is 0.182. The van der Waals surface area contributed by atoms with E-state index in [-0.39, 0.29) is 21.5 Å². The molecule has 3 heterocycles. The van der Waals surface area contributed by atoms with Crippen molar-refractivity contribution in [2.24, 2.45) is 0 Å². The first kappa shape index (κ1) is 30.4. The van der Waals surface area contributed by atoms with Crippen LogP contribution in [0.25, 0.3) is 21.7 Å². The summed E-state index contributed by atoms with van der Waals surface area (Å²) >= 11 is 1.26. The number of sulfone groups is 1. The molecule has 1 aliphatic rings. The van der Waals surface area contributed by atoms with Crippen molar-refractivity contribution in [3.05, 3.63) is 102 Å². The third-order valence-electron chi connectivity index (χ3n) is 7.88. The van der Waals surface area contributed by atoms with Gasteiger partial charge in [-0.2, -0.15) is 0 Å². The van der Waals surface area contributed by atoms with Crippen molar-refractivity contribution in [1.82, 2.24) is 20.0 Å². The van der Waals surface area contributed by atoms with Crippen LogP contribution >= 0.6 is 11.8 Å². The Kier molecular flexibility index (Phi) is 8.35. The minimum atomic E-state index is -4.22. The summed E-state index contributed by atoms with van der Waals surface area (Å²) in [5, 5.41) is 22.1. The number of fused-ring (bicyclic) bond motifs is 2. The lowest BCUT2D eigenvalue weighted by Crippen LogP contribution is -2.42. The van der Waals surface area contributed by atoms with Crippen molar-refractivity contribution in [3.8, 4) is 5.88 Å². The van der Waals surface area contributed by atoms with E-state index >= 15 is 0 Å². The van der Waals surface area contributed by atoms with E-state index in [0.29, 0.717) is 36.9 Å². The molecule has 0 spiro atoms. The highest BCUT2D eigenvalue weighted by Gasteiger charge is 2.37. The van der Waals surface area contributed by atoms with Crippen LogP contribution in [0.3, 0.4) is 0 Å². The standard InChI is InChI=1S/C33H28N6O6S2/c40-29(38-19-17-23(18-20-38)44-31-32(39(41)45-37-31)47(42,43)24-11-2-1-3-12-24)21-46-33-35-28-15-7-6-14-26(28)30(36-33)34-27-16-8-10-22-9-4-5-13-25(22)27/h1-16,23H,17-21H2,(H,34,35,36). The number of para-hydroxylation sites is 1. The van der Waals surface area contributed by atoms with Gasteiger partial charge in [0.05, 0.1) is 21.3 Å². The second-order valence-electron chi connectivity index (χ2n) is 10.9. The smallest absolute Gasteiger partial charge is 0.415 e. The minimum absolute atomic E-state index is 0.0811. The molecule has 14 heteroatoms. The van der Waals surface area contributed by atoms with E-state index in [9.17, 15) is 18.4 Å². The molecule has 0 aliphatic carbocycles. The topological polar surface area (TPSA) is 154 Å². The lowest BCUT2D eigenvalue weighted by Gasteiger charge is -2.31. The summed E-state index contributed by atoms with van der Waals surface area (Å²) in [6.45, 7) is 0.763. The molecule has 238 valence electrons. The molecular weight excluding hydrogens is 641 g/mol. The molecule has 0 saturated carbocycles. The van der Waals surface area contributed by atoms with Gasteiger partial charge in [0, 0.05) is 42.4 Å². The van der Waals surface area contributed by atoms with E-state index in [1.807, 2.05) is 48.5 Å². The van der Waals surface area contributed by atoms with Crippen molar-refractivity contribution in [2.75, 3.05) is 24.2 Å². The first-order valence-electron chi connectivity index (χ1n) is 14.9. The molecular formula is C33H28N6O6S2. The van der Waals surface area contributed by atoms with Gasteiger partial charge in [0.15, 0.2) is 5.16 Å². The maximum absolute atomic E-state index is 13.2. The van der Waals surface area contributed by atoms with Gasteiger partial charge in [-0.3, -0.25) is 9.42 Å². The Hall–Kier alpha value is -5.21. The predicted molar refractivity (Wildman–Crippen MR) is 175 cm³/mol. The summed E-state index contributed by atoms with van der Waals surface area (Å²) in [5.41, 5.74) is 1.68. The number of carbonyl (C=O) groups excluding carboxylic acids is 1. The van der Waals surface area contributed by atoms with Crippen LogP contribution < -0.4 is 15.0 Å². The summed E-state index contributed by atoms with van der Waals surface area (Å²) in [7, 11) is -4.22. The Labute approximate surface area is 273 Å². The number of thioether (sulfide) groups is 1. The van der Waals surface area contributed by atoms with Crippen molar-refractivity contribution in [1.29, 1.82) is 0 Å². The number of amides is 1. The third kappa shape index (κ3) is 6.29. The molecule has 1 fully saturated rings. The number of carbonyl (C=O) groups is 1. The zero-order chi connectivity index (χ0) is 32.4. The fourth-order valence-electron chi connectivity index (χ4n) is 5.50. The van der Waals surface area contributed by atoms with Gasteiger partial charge in [-0.25, -0.2) is 18.4 Å². The molecule has 6 aromatic rings. The number of hydrogen-bond donors (Lipinski definition) is 1. The van der Waals surface area contributed by atoms with Gasteiger partial charge in [-0.15, -0.1) is 0 Å². The quantitative estimate of drug-likeness (QED) is 0.124. The van der Waals surface area contributed by atoms with Crippen molar-refractivity contribution in [3.63, 3.8) is 0 Å². The first-order valence-corrected chi connectivity index (χ1v) is 17.3. The number of hydrogen-bond acceptors (Lipinski definition) is 11. The molecule has 47 heavy (non-hydrogen) atoms. The van der Waals surface area contributed by atoms with Crippen molar-refractivity contribution < 1.29 is 27.5 Å². The number of nitrogens with one attached hydrogen (secondary N) is 1. The number of ether oxygens (including phenoxy) is 1. The first-order chi connectivity index (χ1) is 22.9. The largest absolute Gasteiger partial charge is 0.451 e. The second kappa shape index (κ2) is 12.9. The van der Waals surface area contributed by atoms with E-state index in [1.165, 1.54) is 23.9 Å². The molecule has 1 saturated heterocycles. The van der Waals surface area contributed by atoms with Crippen LogP contribution in [-0.4, -0.2) is 59.3 Å². The van der Waals surface area contributed by atoms with Crippen LogP contribution in [0.4, 0.5) is 11.5 Å². The van der Waals surface area contributed by atoms with E-state index < -0.39 is 26.8 Å². The van der Waals surface area contributed by atoms with Crippen LogP contribution in [0.2, 0.25) is 0 Å². The highest BCUT2D eigenvalue weighted by Crippen LogP contribution is 2.31. The van der Waals surface area contributed by atoms with Gasteiger partial charge in [-0.05, 0) is 40.6 Å². The van der Waals surface area contributed by atoms with Gasteiger partial charge >= 0.3 is 10.9 Å². The summed E-state index contributed by atoms with van der Waals surface area (Å²) in [4.78, 5) is 24.2. The van der Waals surface area contributed by atoms with Crippen LogP contribution in [0, 0.1) is 5.21 Å². The molecule has 7 rings (SSSR count). The molecule has 1 amide bonds. The summed E-state index contributed by atoms with van der Waals surface area (Å²) < 4.78 is 36.6. The van der Waals surface area contributed by atoms with E-state index in [2.05, 4.69) is 33.3 Å². The number of piperidine rings is 1. The summed E-state index contributed by atoms with van der Waals surface area (Å²) in [6.07, 6.45) is 0.366. The lowest BCUT2D eigenvalue weighted by atomic mass is 10.1. The minimum Gasteiger partial charge on any atom is -0.451 e. The number of anilines is 2. The number of nitrogens with zero attached hydrogens (tertiary/aromatic N) is 5. The molecule has 0 atom stereocenters. The van der Waals surface area contributed by atoms with Gasteiger partial charge in [0.1, 0.15) is 11.9 Å². The van der Waals surface area contributed by atoms with Crippen molar-refractivity contribution in [2.45, 2.75) is 34.0 Å². The number of benzene rings is 4. The van der Waals surface area contributed by atoms with Gasteiger partial charge < -0.3 is 20.2 Å². The molecule has 1 aliphatic heterocycles. The van der Waals surface area contributed by atoms with Crippen LogP contribution in [-0.2, 0) is 14.6 Å². The molecule has 1 N–H and O–H groups in total. The van der Waals surface area contributed by atoms with Gasteiger partial charge in [0.25, 0.3) is 9.84 Å². The summed E-state index contributed by atoms with van der Waals surface area (Å²) in [6, 6.07) is 29.4. The van der Waals surface area contributed by atoms with Crippen molar-refractivity contribution >= 4 is 60.7 Å². The average Bonchev–Trinajstić information content (AvgIpc) is 3.48. The van der Waals surface area contributed by atoms with E-state index in [4.69, 9.17) is 14.7 Å². The van der Waals surface area contributed by atoms with E-state index in [0.717, 1.165) is 27.4 Å². The maximum atomic E-state index is 13.2. The third-order valence-corrected chi connectivity index (χ3v) is 10.4. The molecule has 2 aromatic heterocycles. The maximum Gasteiger partial charge on any atom is 0.415 e. The number of aromatic nitrogens is 4. The number of rotatable bonds is 9. The monoisotopic (exact) mass is 668 g/mol. The summed E-state index contributed by atoms with van der Waals surface area (Å²) in [5.74, 6) is 0.308. The molecule has 0 unspecified atom stereocenters. The highest BCUT2D eigenvalue weighted by molar-refractivity contribution is 7.99. The van der Waals surface area contributed by atoms with Crippen LogP contribution in [0.5, 0.6) is 5.88 Å². The van der Waals surface area contributed by atoms with Crippen LogP contribution in [0.1, 0.15) is 12.8 Å². The Morgan fingerprint density at radius 2 is 1.64 bits per heavy atom. The second-order valence-corrected chi connectivity index (χ2v) is 13.7. The zero-order valence-electron chi connectivity index (χ0n) is 24.9. The molecule has 12 nitrogen and oxygen atoms in total. The van der Waals surface area contributed by atoms with Gasteiger partial charge in [-0.1, -0.05) is 78.5 Å². The Bertz CT molecular complexity index is 2180. The number of likely N-dealkylation sites (tertiary alicyclic amines) is 1. The Morgan fingerprint density at radius 3 is 2.45 bits per heavy atom. The van der Waals surface area contributed by atoms with E-state index in [1.54, 1.807) is 23.1 Å². The molecule has 4 aromatic carbocycles. The van der Waals surface area contributed by atoms with Crippen LogP contribution in [0.15, 0.2) is 117 Å². The molecule has 0 bridgehead atoms. The average molecular weight is 669 g/mol. The molecule has 0 radical (unpaired) electrons. The Balaban J connectivity index is 1.00. The fourth-order valence-corrected chi connectivity index (χ4v) is 7.54. The zero-order valence-corrected chi connectivity index (χ0v) is 26.5. The lowest BCUT2D eigenvalue weighted by molar-refractivity contribution is -0.832. The predicted octanol–water partition coefficient (Wildman–Crippen LogP) is 5.14.